The molecule has 1 N–H and O–H groups in total. The van der Waals surface area contributed by atoms with Gasteiger partial charge >= 0.3 is 0 Å². The number of hydrogen-bond donors (Lipinski definition) is 1. The molecule has 0 aliphatic rings. The maximum absolute atomic E-state index is 13.0. The topological polar surface area (TPSA) is 90.1 Å². The van der Waals surface area contributed by atoms with Gasteiger partial charge in [-0.05, 0) is 29.8 Å². The summed E-state index contributed by atoms with van der Waals surface area (Å²) < 4.78 is 25.2. The molecule has 0 aliphatic carbocycles. The minimum atomic E-state index is -0.997. The largest absolute Gasteiger partial charge is 0.461 e. The molecule has 4 aromatic rings. The van der Waals surface area contributed by atoms with Crippen LogP contribution in [0, 0.1) is 5.82 Å². The van der Waals surface area contributed by atoms with E-state index in [2.05, 4.69) is 15.1 Å². The molecule has 0 amide bonds. The molecule has 0 saturated carbocycles. The summed E-state index contributed by atoms with van der Waals surface area (Å²) in [6.45, 7) is 0.237. The van der Waals surface area contributed by atoms with Crippen molar-refractivity contribution < 1.29 is 18.4 Å². The van der Waals surface area contributed by atoms with Gasteiger partial charge in [0.1, 0.15) is 24.3 Å². The maximum Gasteiger partial charge on any atom is 0.247 e. The van der Waals surface area contributed by atoms with Crippen molar-refractivity contribution in [2.75, 3.05) is 0 Å². The Kier molecular flexibility index (Phi) is 3.87. The van der Waals surface area contributed by atoms with Gasteiger partial charge in [0.25, 0.3) is 0 Å². The molecular formula is C17H13FN4O3. The zero-order valence-electron chi connectivity index (χ0n) is 12.9. The quantitative estimate of drug-likeness (QED) is 0.601. The van der Waals surface area contributed by atoms with Gasteiger partial charge in [0.2, 0.25) is 11.7 Å². The van der Waals surface area contributed by atoms with E-state index >= 15 is 0 Å². The average Bonchev–Trinajstić information content (AvgIpc) is 3.37. The highest BCUT2D eigenvalue weighted by atomic mass is 19.1. The van der Waals surface area contributed by atoms with E-state index < -0.39 is 6.10 Å². The maximum atomic E-state index is 13.0. The number of furan rings is 1. The Morgan fingerprint density at radius 1 is 1.20 bits per heavy atom. The van der Waals surface area contributed by atoms with E-state index in [1.54, 1.807) is 29.1 Å². The van der Waals surface area contributed by atoms with Crippen LogP contribution in [0.15, 0.2) is 64.0 Å². The zero-order chi connectivity index (χ0) is 17.2. The summed E-state index contributed by atoms with van der Waals surface area (Å²) in [5.74, 6) is 1.23. The van der Waals surface area contributed by atoms with Crippen LogP contribution < -0.4 is 0 Å². The van der Waals surface area contributed by atoms with Crippen molar-refractivity contribution in [1.82, 2.24) is 19.7 Å². The highest BCUT2D eigenvalue weighted by Crippen LogP contribution is 2.22. The van der Waals surface area contributed by atoms with Crippen LogP contribution in [-0.2, 0) is 6.54 Å². The Bertz CT molecular complexity index is 960. The van der Waals surface area contributed by atoms with Gasteiger partial charge in [-0.2, -0.15) is 4.98 Å². The minimum Gasteiger partial charge on any atom is -0.461 e. The number of rotatable bonds is 5. The SMILES string of the molecule is O[C@H](c1ccc(F)cc1)c1nccn1Cc1nc(-c2ccco2)no1. The normalized spacial score (nSPS) is 12.4. The van der Waals surface area contributed by atoms with Crippen molar-refractivity contribution in [3.8, 4) is 11.6 Å². The molecule has 25 heavy (non-hydrogen) atoms. The second-order valence-electron chi connectivity index (χ2n) is 5.36. The molecule has 4 rings (SSSR count). The summed E-state index contributed by atoms with van der Waals surface area (Å²) in [5, 5.41) is 14.4. The molecule has 0 spiro atoms. The van der Waals surface area contributed by atoms with Gasteiger partial charge in [-0.15, -0.1) is 0 Å². The number of aliphatic hydroxyl groups excluding tert-OH is 1. The summed E-state index contributed by atoms with van der Waals surface area (Å²) in [6, 6.07) is 9.08. The Morgan fingerprint density at radius 3 is 2.80 bits per heavy atom. The fourth-order valence-corrected chi connectivity index (χ4v) is 2.47. The van der Waals surface area contributed by atoms with Gasteiger partial charge in [0.05, 0.1) is 6.26 Å². The summed E-state index contributed by atoms with van der Waals surface area (Å²) in [6.07, 6.45) is 3.78. The van der Waals surface area contributed by atoms with Crippen LogP contribution in [0.25, 0.3) is 11.6 Å². The van der Waals surface area contributed by atoms with Crippen LogP contribution in [0.3, 0.4) is 0 Å². The number of nitrogens with zero attached hydrogens (tertiary/aromatic N) is 4. The van der Waals surface area contributed by atoms with E-state index in [1.165, 1.54) is 30.5 Å². The number of imidazole rings is 1. The lowest BCUT2D eigenvalue weighted by molar-refractivity contribution is 0.204. The molecule has 126 valence electrons. The molecule has 0 bridgehead atoms. The average molecular weight is 340 g/mol. The Morgan fingerprint density at radius 2 is 2.04 bits per heavy atom. The molecule has 0 unspecified atom stereocenters. The van der Waals surface area contributed by atoms with Gasteiger partial charge in [0.15, 0.2) is 5.76 Å². The molecular weight excluding hydrogens is 327 g/mol. The third-order valence-electron chi connectivity index (χ3n) is 3.69. The highest BCUT2D eigenvalue weighted by Gasteiger charge is 2.18. The van der Waals surface area contributed by atoms with E-state index in [0.717, 1.165) is 0 Å². The lowest BCUT2D eigenvalue weighted by atomic mass is 10.1. The first-order valence-electron chi connectivity index (χ1n) is 7.52. The van der Waals surface area contributed by atoms with Gasteiger partial charge < -0.3 is 18.6 Å². The number of hydrogen-bond acceptors (Lipinski definition) is 6. The van der Waals surface area contributed by atoms with Crippen molar-refractivity contribution in [3.63, 3.8) is 0 Å². The third kappa shape index (κ3) is 3.07. The summed E-state index contributed by atoms with van der Waals surface area (Å²) in [5.41, 5.74) is 0.538. The highest BCUT2D eigenvalue weighted by molar-refractivity contribution is 5.44. The summed E-state index contributed by atoms with van der Waals surface area (Å²) in [4.78, 5) is 8.44. The van der Waals surface area contributed by atoms with Crippen molar-refractivity contribution >= 4 is 0 Å². The van der Waals surface area contributed by atoms with Gasteiger partial charge in [-0.3, -0.25) is 0 Å². The lowest BCUT2D eigenvalue weighted by Crippen LogP contribution is -2.10. The number of benzene rings is 1. The standard InChI is InChI=1S/C17H13FN4O3/c18-12-5-3-11(4-6-12)15(23)17-19-7-8-22(17)10-14-20-16(21-25-14)13-2-1-9-24-13/h1-9,15,23H,10H2/t15-/m1/s1. The fraction of sp³-hybridized carbons (Fsp3) is 0.118. The van der Waals surface area contributed by atoms with Crippen LogP contribution in [0.4, 0.5) is 4.39 Å². The minimum absolute atomic E-state index is 0.237. The second kappa shape index (κ2) is 6.33. The fourth-order valence-electron chi connectivity index (χ4n) is 2.47. The monoisotopic (exact) mass is 340 g/mol. The van der Waals surface area contributed by atoms with E-state index in [0.29, 0.717) is 28.9 Å². The molecule has 0 fully saturated rings. The first-order valence-corrected chi connectivity index (χ1v) is 7.52. The Balaban J connectivity index is 1.56. The van der Waals surface area contributed by atoms with E-state index in [-0.39, 0.29) is 12.4 Å². The lowest BCUT2D eigenvalue weighted by Gasteiger charge is -2.12. The van der Waals surface area contributed by atoms with Crippen molar-refractivity contribution in [3.05, 3.63) is 78.2 Å². The molecule has 1 aromatic carbocycles. The van der Waals surface area contributed by atoms with Crippen LogP contribution in [0.5, 0.6) is 0 Å². The van der Waals surface area contributed by atoms with Crippen LogP contribution >= 0.6 is 0 Å². The Labute approximate surface area is 141 Å². The predicted octanol–water partition coefficient (Wildman–Crippen LogP) is 2.80. The predicted molar refractivity (Wildman–Crippen MR) is 83.8 cm³/mol. The number of aromatic nitrogens is 4. The van der Waals surface area contributed by atoms with Crippen molar-refractivity contribution in [2.24, 2.45) is 0 Å². The molecule has 0 saturated heterocycles. The zero-order valence-corrected chi connectivity index (χ0v) is 12.9. The molecule has 1 atom stereocenters. The van der Waals surface area contributed by atoms with E-state index in [4.69, 9.17) is 8.94 Å². The van der Waals surface area contributed by atoms with Gasteiger partial charge in [0, 0.05) is 12.4 Å². The molecule has 8 heteroatoms. The van der Waals surface area contributed by atoms with E-state index in [9.17, 15) is 9.50 Å². The van der Waals surface area contributed by atoms with Crippen LogP contribution in [-0.4, -0.2) is 24.8 Å². The molecule has 3 heterocycles. The van der Waals surface area contributed by atoms with Crippen LogP contribution in [0.2, 0.25) is 0 Å². The molecule has 3 aromatic heterocycles. The van der Waals surface area contributed by atoms with E-state index in [1.807, 2.05) is 0 Å². The third-order valence-corrected chi connectivity index (χ3v) is 3.69. The molecule has 0 aliphatic heterocycles. The van der Waals surface area contributed by atoms with Crippen molar-refractivity contribution in [2.45, 2.75) is 12.6 Å². The van der Waals surface area contributed by atoms with Crippen molar-refractivity contribution in [1.29, 1.82) is 0 Å². The van der Waals surface area contributed by atoms with Gasteiger partial charge in [-0.25, -0.2) is 9.37 Å². The first-order chi connectivity index (χ1) is 12.2. The molecule has 7 nitrogen and oxygen atoms in total. The van der Waals surface area contributed by atoms with Crippen LogP contribution in [0.1, 0.15) is 23.4 Å². The number of aliphatic hydroxyl groups is 1. The first kappa shape index (κ1) is 15.3. The number of halogens is 1. The summed E-state index contributed by atoms with van der Waals surface area (Å²) >= 11 is 0. The molecule has 0 radical (unpaired) electrons. The second-order valence-corrected chi connectivity index (χ2v) is 5.36. The Hall–Kier alpha value is -3.26. The smallest absolute Gasteiger partial charge is 0.247 e. The summed E-state index contributed by atoms with van der Waals surface area (Å²) in [7, 11) is 0. The van der Waals surface area contributed by atoms with Gasteiger partial charge in [-0.1, -0.05) is 17.3 Å².